The van der Waals surface area contributed by atoms with Gasteiger partial charge in [-0.05, 0) is 38.3 Å². The first-order valence-corrected chi connectivity index (χ1v) is 6.28. The number of hydrogen-bond acceptors (Lipinski definition) is 2. The molecule has 1 aliphatic heterocycles. The van der Waals surface area contributed by atoms with Crippen LogP contribution in [0.4, 0.5) is 0 Å². The SMILES string of the molecule is CC1(C(=O)NCCc2ccccc2)CCCN1. The summed E-state index contributed by atoms with van der Waals surface area (Å²) >= 11 is 0. The van der Waals surface area contributed by atoms with E-state index in [-0.39, 0.29) is 11.4 Å². The zero-order valence-electron chi connectivity index (χ0n) is 10.3. The van der Waals surface area contributed by atoms with Gasteiger partial charge in [0.25, 0.3) is 0 Å². The number of benzene rings is 1. The number of carbonyl (C=O) groups excluding carboxylic acids is 1. The fourth-order valence-electron chi connectivity index (χ4n) is 2.25. The predicted molar refractivity (Wildman–Crippen MR) is 68.8 cm³/mol. The van der Waals surface area contributed by atoms with Crippen LogP contribution in [-0.2, 0) is 11.2 Å². The van der Waals surface area contributed by atoms with Crippen molar-refractivity contribution in [2.45, 2.75) is 31.7 Å². The lowest BCUT2D eigenvalue weighted by Gasteiger charge is -2.23. The van der Waals surface area contributed by atoms with Crippen molar-refractivity contribution in [3.8, 4) is 0 Å². The Morgan fingerprint density at radius 1 is 1.41 bits per heavy atom. The van der Waals surface area contributed by atoms with Gasteiger partial charge in [-0.2, -0.15) is 0 Å². The van der Waals surface area contributed by atoms with Crippen molar-refractivity contribution in [3.63, 3.8) is 0 Å². The summed E-state index contributed by atoms with van der Waals surface area (Å²) in [6.07, 6.45) is 2.91. The van der Waals surface area contributed by atoms with Crippen LogP contribution < -0.4 is 10.6 Å². The van der Waals surface area contributed by atoms with Crippen LogP contribution in [0.5, 0.6) is 0 Å². The molecule has 1 atom stereocenters. The first kappa shape index (κ1) is 12.1. The number of nitrogens with one attached hydrogen (secondary N) is 2. The number of hydrogen-bond donors (Lipinski definition) is 2. The summed E-state index contributed by atoms with van der Waals surface area (Å²) in [6, 6.07) is 10.2. The van der Waals surface area contributed by atoms with Gasteiger partial charge in [0, 0.05) is 6.54 Å². The van der Waals surface area contributed by atoms with E-state index in [4.69, 9.17) is 0 Å². The molecule has 1 saturated heterocycles. The van der Waals surface area contributed by atoms with Crippen LogP contribution in [0.15, 0.2) is 30.3 Å². The van der Waals surface area contributed by atoms with Gasteiger partial charge in [0.2, 0.25) is 5.91 Å². The molecule has 2 rings (SSSR count). The van der Waals surface area contributed by atoms with Crippen LogP contribution in [0.25, 0.3) is 0 Å². The lowest BCUT2D eigenvalue weighted by Crippen LogP contribution is -2.51. The topological polar surface area (TPSA) is 41.1 Å². The van der Waals surface area contributed by atoms with Crippen LogP contribution in [0.1, 0.15) is 25.3 Å². The molecule has 17 heavy (non-hydrogen) atoms. The maximum Gasteiger partial charge on any atom is 0.240 e. The molecule has 0 radical (unpaired) electrons. The number of amides is 1. The molecule has 0 aliphatic carbocycles. The highest BCUT2D eigenvalue weighted by atomic mass is 16.2. The highest BCUT2D eigenvalue weighted by molar-refractivity contribution is 5.86. The normalized spacial score (nSPS) is 23.6. The Morgan fingerprint density at radius 3 is 2.82 bits per heavy atom. The Balaban J connectivity index is 1.77. The predicted octanol–water partition coefficient (Wildman–Crippen LogP) is 1.49. The van der Waals surface area contributed by atoms with Gasteiger partial charge < -0.3 is 10.6 Å². The minimum Gasteiger partial charge on any atom is -0.354 e. The van der Waals surface area contributed by atoms with Crippen molar-refractivity contribution in [2.24, 2.45) is 0 Å². The Labute approximate surface area is 103 Å². The van der Waals surface area contributed by atoms with Crippen LogP contribution >= 0.6 is 0 Å². The van der Waals surface area contributed by atoms with Gasteiger partial charge in [0.15, 0.2) is 0 Å². The van der Waals surface area contributed by atoms with E-state index in [1.807, 2.05) is 25.1 Å². The average molecular weight is 232 g/mol. The first-order chi connectivity index (χ1) is 8.21. The molecule has 1 aliphatic rings. The molecule has 3 nitrogen and oxygen atoms in total. The molecule has 1 aromatic carbocycles. The third-order valence-electron chi connectivity index (χ3n) is 3.41. The molecule has 0 saturated carbocycles. The van der Waals surface area contributed by atoms with E-state index in [1.165, 1.54) is 5.56 Å². The molecule has 0 spiro atoms. The van der Waals surface area contributed by atoms with E-state index >= 15 is 0 Å². The van der Waals surface area contributed by atoms with E-state index in [9.17, 15) is 4.79 Å². The minimum absolute atomic E-state index is 0.130. The van der Waals surface area contributed by atoms with Crippen molar-refractivity contribution in [2.75, 3.05) is 13.1 Å². The van der Waals surface area contributed by atoms with E-state index in [0.717, 1.165) is 25.8 Å². The molecule has 0 bridgehead atoms. The lowest BCUT2D eigenvalue weighted by atomic mass is 9.99. The minimum atomic E-state index is -0.351. The van der Waals surface area contributed by atoms with Crippen molar-refractivity contribution in [1.82, 2.24) is 10.6 Å². The summed E-state index contributed by atoms with van der Waals surface area (Å²) in [6.45, 7) is 3.64. The van der Waals surface area contributed by atoms with Crippen LogP contribution in [0.2, 0.25) is 0 Å². The number of rotatable bonds is 4. The third-order valence-corrected chi connectivity index (χ3v) is 3.41. The second-order valence-electron chi connectivity index (χ2n) is 4.85. The van der Waals surface area contributed by atoms with Gasteiger partial charge in [0.1, 0.15) is 0 Å². The van der Waals surface area contributed by atoms with Crippen LogP contribution in [0.3, 0.4) is 0 Å². The fraction of sp³-hybridized carbons (Fsp3) is 0.500. The zero-order chi connectivity index (χ0) is 12.1. The molecule has 2 N–H and O–H groups in total. The smallest absolute Gasteiger partial charge is 0.240 e. The summed E-state index contributed by atoms with van der Waals surface area (Å²) in [5.74, 6) is 0.130. The maximum atomic E-state index is 12.0. The average Bonchev–Trinajstić information content (AvgIpc) is 2.79. The summed E-state index contributed by atoms with van der Waals surface area (Å²) in [5.41, 5.74) is 0.911. The largest absolute Gasteiger partial charge is 0.354 e. The number of carbonyl (C=O) groups is 1. The molecule has 92 valence electrons. The summed E-state index contributed by atoms with van der Waals surface area (Å²) < 4.78 is 0. The Bertz CT molecular complexity index is 369. The summed E-state index contributed by atoms with van der Waals surface area (Å²) in [7, 11) is 0. The molecule has 1 heterocycles. The molecule has 1 aromatic rings. The van der Waals surface area contributed by atoms with Crippen LogP contribution in [-0.4, -0.2) is 24.5 Å². The van der Waals surface area contributed by atoms with Gasteiger partial charge in [-0.1, -0.05) is 30.3 Å². The quantitative estimate of drug-likeness (QED) is 0.825. The van der Waals surface area contributed by atoms with E-state index in [2.05, 4.69) is 22.8 Å². The van der Waals surface area contributed by atoms with Gasteiger partial charge >= 0.3 is 0 Å². The van der Waals surface area contributed by atoms with Crippen LogP contribution in [0, 0.1) is 0 Å². The summed E-state index contributed by atoms with van der Waals surface area (Å²) in [4.78, 5) is 12.0. The molecule has 1 unspecified atom stereocenters. The zero-order valence-corrected chi connectivity index (χ0v) is 10.3. The fourth-order valence-corrected chi connectivity index (χ4v) is 2.25. The Hall–Kier alpha value is -1.35. The van der Waals surface area contributed by atoms with Crippen molar-refractivity contribution in [1.29, 1.82) is 0 Å². The van der Waals surface area contributed by atoms with Gasteiger partial charge in [-0.15, -0.1) is 0 Å². The maximum absolute atomic E-state index is 12.0. The molecule has 0 aromatic heterocycles. The van der Waals surface area contributed by atoms with Gasteiger partial charge in [0.05, 0.1) is 5.54 Å². The molecule has 1 fully saturated rings. The van der Waals surface area contributed by atoms with Crippen molar-refractivity contribution < 1.29 is 4.79 Å². The summed E-state index contributed by atoms with van der Waals surface area (Å²) in [5, 5.41) is 6.28. The molecular formula is C14H20N2O. The van der Waals surface area contributed by atoms with E-state index < -0.39 is 0 Å². The highest BCUT2D eigenvalue weighted by Crippen LogP contribution is 2.18. The molecule has 1 amide bonds. The first-order valence-electron chi connectivity index (χ1n) is 6.28. The molecule has 3 heteroatoms. The standard InChI is InChI=1S/C14H20N2O/c1-14(9-5-10-16-14)13(17)15-11-8-12-6-3-2-4-7-12/h2-4,6-7,16H,5,8-11H2,1H3,(H,15,17). The monoisotopic (exact) mass is 232 g/mol. The third kappa shape index (κ3) is 3.07. The van der Waals surface area contributed by atoms with Gasteiger partial charge in [-0.3, -0.25) is 4.79 Å². The van der Waals surface area contributed by atoms with E-state index in [0.29, 0.717) is 6.54 Å². The van der Waals surface area contributed by atoms with E-state index in [1.54, 1.807) is 0 Å². The lowest BCUT2D eigenvalue weighted by molar-refractivity contribution is -0.126. The van der Waals surface area contributed by atoms with Crippen molar-refractivity contribution in [3.05, 3.63) is 35.9 Å². The second-order valence-corrected chi connectivity index (χ2v) is 4.85. The second kappa shape index (κ2) is 5.32. The molecular weight excluding hydrogens is 212 g/mol. The highest BCUT2D eigenvalue weighted by Gasteiger charge is 2.35. The van der Waals surface area contributed by atoms with Gasteiger partial charge in [-0.25, -0.2) is 0 Å². The van der Waals surface area contributed by atoms with Crippen molar-refractivity contribution >= 4 is 5.91 Å². The Morgan fingerprint density at radius 2 is 2.18 bits per heavy atom. The Kier molecular flexibility index (Phi) is 3.79.